The second kappa shape index (κ2) is 10.2. The number of piperidine rings is 1. The third-order valence-corrected chi connectivity index (χ3v) is 9.43. The molecule has 1 amide bonds. The van der Waals surface area contributed by atoms with Crippen LogP contribution in [-0.2, 0) is 9.53 Å². The number of nitrogens with one attached hydrogen (secondary N) is 1. The first-order valence-electron chi connectivity index (χ1n) is 13.7. The summed E-state index contributed by atoms with van der Waals surface area (Å²) in [5.41, 5.74) is 1.81. The molecule has 3 aliphatic rings. The molecule has 2 N–H and O–H groups in total. The van der Waals surface area contributed by atoms with Gasteiger partial charge in [-0.3, -0.25) is 14.7 Å². The number of halogens is 1. The molecule has 1 saturated carbocycles. The third-order valence-electron chi connectivity index (χ3n) is 9.11. The molecule has 0 spiro atoms. The van der Waals surface area contributed by atoms with Gasteiger partial charge < -0.3 is 15.2 Å². The lowest BCUT2D eigenvalue weighted by Gasteiger charge is -2.43. The number of likely N-dealkylation sites (tertiary alicyclic amines) is 1. The highest BCUT2D eigenvalue weighted by Crippen LogP contribution is 2.55. The molecule has 4 heterocycles. The van der Waals surface area contributed by atoms with Gasteiger partial charge >= 0.3 is 0 Å². The van der Waals surface area contributed by atoms with Crippen molar-refractivity contribution in [3.05, 3.63) is 65.1 Å². The van der Waals surface area contributed by atoms with Crippen molar-refractivity contribution in [2.24, 2.45) is 11.8 Å². The number of aliphatic hydroxyl groups is 1. The van der Waals surface area contributed by atoms with E-state index in [0.29, 0.717) is 30.9 Å². The summed E-state index contributed by atoms with van der Waals surface area (Å²) in [7, 11) is 0. The van der Waals surface area contributed by atoms with E-state index in [0.717, 1.165) is 59.4 Å². The summed E-state index contributed by atoms with van der Waals surface area (Å²) in [6.07, 6.45) is 6.00. The minimum absolute atomic E-state index is 0.00693. The second-order valence-electron chi connectivity index (χ2n) is 11.3. The zero-order chi connectivity index (χ0) is 26.4. The molecule has 1 aliphatic carbocycles. The van der Waals surface area contributed by atoms with E-state index in [9.17, 15) is 9.90 Å². The first-order chi connectivity index (χ1) is 18.4. The number of hydrogen-bond acceptors (Lipinski definition) is 6. The standard InChI is InChI=1S/C30H35ClN4O3/c1-3-21-27(24-6-4-5-9-32-24)28(21)29(37)34-26-14-19-12-22(23(31)13-20(19)15-33-26)18-7-10-35(11-8-18)30(2)17-38-16-25(30)36/h4-6,9,12-15,18,21,25,27-28,36H,3,7-8,10-11,16-17H2,1-2H3,(H,33,34,37)/t21-,25-,27+,28+,30+/m1/s1. The Hall–Kier alpha value is -2.58. The normalized spacial score (nSPS) is 30.0. The quantitative estimate of drug-likeness (QED) is 0.463. The maximum absolute atomic E-state index is 13.2. The van der Waals surface area contributed by atoms with Crippen molar-refractivity contribution in [1.29, 1.82) is 0 Å². The Kier molecular flexibility index (Phi) is 6.89. The zero-order valence-corrected chi connectivity index (χ0v) is 22.7. The molecule has 2 saturated heterocycles. The van der Waals surface area contributed by atoms with E-state index in [1.165, 1.54) is 0 Å². The fourth-order valence-electron chi connectivity index (χ4n) is 6.65. The summed E-state index contributed by atoms with van der Waals surface area (Å²) < 4.78 is 5.55. The van der Waals surface area contributed by atoms with Gasteiger partial charge in [-0.1, -0.05) is 31.0 Å². The van der Waals surface area contributed by atoms with E-state index in [-0.39, 0.29) is 23.3 Å². The molecule has 0 radical (unpaired) electrons. The first kappa shape index (κ1) is 25.7. The number of ether oxygens (including phenoxy) is 1. The summed E-state index contributed by atoms with van der Waals surface area (Å²) >= 11 is 6.75. The summed E-state index contributed by atoms with van der Waals surface area (Å²) in [5.74, 6) is 1.30. The molecule has 200 valence electrons. The number of carbonyl (C=O) groups is 1. The van der Waals surface area contributed by atoms with E-state index >= 15 is 0 Å². The number of aromatic nitrogens is 2. The highest BCUT2D eigenvalue weighted by Gasteiger charge is 2.55. The van der Waals surface area contributed by atoms with E-state index in [1.807, 2.05) is 30.3 Å². The van der Waals surface area contributed by atoms with Crippen LogP contribution < -0.4 is 5.32 Å². The maximum Gasteiger partial charge on any atom is 0.229 e. The lowest BCUT2D eigenvalue weighted by molar-refractivity contribution is -0.117. The third kappa shape index (κ3) is 4.60. The Labute approximate surface area is 228 Å². The fourth-order valence-corrected chi connectivity index (χ4v) is 6.97. The van der Waals surface area contributed by atoms with Crippen LogP contribution in [0.4, 0.5) is 5.82 Å². The van der Waals surface area contributed by atoms with E-state index in [4.69, 9.17) is 16.3 Å². The average molecular weight is 535 g/mol. The predicted molar refractivity (Wildman–Crippen MR) is 148 cm³/mol. The van der Waals surface area contributed by atoms with Crippen molar-refractivity contribution < 1.29 is 14.6 Å². The Bertz CT molecular complexity index is 1330. The number of amides is 1. The van der Waals surface area contributed by atoms with E-state index in [2.05, 4.69) is 40.1 Å². The predicted octanol–water partition coefficient (Wildman–Crippen LogP) is 4.99. The number of anilines is 1. The molecule has 3 aromatic rings. The van der Waals surface area contributed by atoms with Crippen LogP contribution >= 0.6 is 11.6 Å². The van der Waals surface area contributed by atoms with Gasteiger partial charge in [0.25, 0.3) is 0 Å². The number of pyridine rings is 2. The van der Waals surface area contributed by atoms with Gasteiger partial charge in [-0.15, -0.1) is 0 Å². The van der Waals surface area contributed by atoms with Crippen LogP contribution in [0.5, 0.6) is 0 Å². The SMILES string of the molecule is CC[C@H]1[C@H](C(=O)Nc2cc3cc(C4CCN([C@@]5(C)COC[C@H]5O)CC4)c(Cl)cc3cn2)[C@@H]1c1ccccn1. The minimum atomic E-state index is -0.452. The lowest BCUT2D eigenvalue weighted by Crippen LogP contribution is -2.56. The molecule has 7 nitrogen and oxygen atoms in total. The molecule has 5 atom stereocenters. The van der Waals surface area contributed by atoms with Crippen molar-refractivity contribution in [2.45, 2.75) is 56.6 Å². The Morgan fingerprint density at radius 2 is 2.03 bits per heavy atom. The van der Waals surface area contributed by atoms with Crippen LogP contribution in [0.1, 0.15) is 56.2 Å². The van der Waals surface area contributed by atoms with Crippen LogP contribution in [0.2, 0.25) is 5.02 Å². The molecule has 2 aliphatic heterocycles. The van der Waals surface area contributed by atoms with Gasteiger partial charge in [-0.25, -0.2) is 4.98 Å². The van der Waals surface area contributed by atoms with Crippen LogP contribution in [0.25, 0.3) is 10.8 Å². The summed E-state index contributed by atoms with van der Waals surface area (Å²) in [6, 6.07) is 12.0. The van der Waals surface area contributed by atoms with Crippen LogP contribution in [0.15, 0.2) is 48.8 Å². The molecular formula is C30H35ClN4O3. The minimum Gasteiger partial charge on any atom is -0.389 e. The number of fused-ring (bicyclic) bond motifs is 1. The van der Waals surface area contributed by atoms with Gasteiger partial charge in [0.15, 0.2) is 0 Å². The molecule has 2 aromatic heterocycles. The van der Waals surface area contributed by atoms with Crippen molar-refractivity contribution in [2.75, 3.05) is 31.6 Å². The van der Waals surface area contributed by atoms with Crippen LogP contribution in [0.3, 0.4) is 0 Å². The lowest BCUT2D eigenvalue weighted by atomic mass is 9.85. The maximum atomic E-state index is 13.2. The molecule has 0 unspecified atom stereocenters. The number of benzene rings is 1. The Balaban J connectivity index is 1.16. The summed E-state index contributed by atoms with van der Waals surface area (Å²) in [6.45, 7) is 6.99. The number of rotatable bonds is 6. The Morgan fingerprint density at radius 1 is 1.21 bits per heavy atom. The smallest absolute Gasteiger partial charge is 0.229 e. The van der Waals surface area contributed by atoms with Gasteiger partial charge in [-0.05, 0) is 86.0 Å². The number of hydrogen-bond donors (Lipinski definition) is 2. The van der Waals surface area contributed by atoms with Gasteiger partial charge in [-0.2, -0.15) is 0 Å². The molecule has 6 rings (SSSR count). The molecule has 8 heteroatoms. The fraction of sp³-hybridized carbons (Fsp3) is 0.500. The van der Waals surface area contributed by atoms with Crippen LogP contribution in [0, 0.1) is 11.8 Å². The van der Waals surface area contributed by atoms with Crippen molar-refractivity contribution in [1.82, 2.24) is 14.9 Å². The van der Waals surface area contributed by atoms with Gasteiger partial charge in [0, 0.05) is 34.4 Å². The summed E-state index contributed by atoms with van der Waals surface area (Å²) in [4.78, 5) is 24.6. The molecule has 38 heavy (non-hydrogen) atoms. The Morgan fingerprint density at radius 3 is 2.71 bits per heavy atom. The van der Waals surface area contributed by atoms with Gasteiger partial charge in [0.2, 0.25) is 5.91 Å². The highest BCUT2D eigenvalue weighted by molar-refractivity contribution is 6.32. The average Bonchev–Trinajstić information content (AvgIpc) is 3.58. The van der Waals surface area contributed by atoms with Crippen molar-refractivity contribution in [3.63, 3.8) is 0 Å². The van der Waals surface area contributed by atoms with Crippen LogP contribution in [-0.4, -0.2) is 63.8 Å². The largest absolute Gasteiger partial charge is 0.389 e. The van der Waals surface area contributed by atoms with Gasteiger partial charge in [0.05, 0.1) is 30.8 Å². The van der Waals surface area contributed by atoms with Crippen molar-refractivity contribution in [3.8, 4) is 0 Å². The molecule has 3 fully saturated rings. The molecule has 1 aromatic carbocycles. The van der Waals surface area contributed by atoms with Gasteiger partial charge in [0.1, 0.15) is 5.82 Å². The monoisotopic (exact) mass is 534 g/mol. The molecule has 0 bridgehead atoms. The van der Waals surface area contributed by atoms with E-state index < -0.39 is 6.10 Å². The highest BCUT2D eigenvalue weighted by atomic mass is 35.5. The second-order valence-corrected chi connectivity index (χ2v) is 11.7. The number of nitrogens with zero attached hydrogens (tertiary/aromatic N) is 3. The number of carbonyl (C=O) groups excluding carboxylic acids is 1. The first-order valence-corrected chi connectivity index (χ1v) is 14.1. The zero-order valence-electron chi connectivity index (χ0n) is 21.9. The molecular weight excluding hydrogens is 500 g/mol. The number of aliphatic hydroxyl groups excluding tert-OH is 1. The summed E-state index contributed by atoms with van der Waals surface area (Å²) in [5, 5.41) is 16.2. The van der Waals surface area contributed by atoms with E-state index in [1.54, 1.807) is 12.4 Å². The van der Waals surface area contributed by atoms with Crippen molar-refractivity contribution >= 4 is 34.1 Å². The topological polar surface area (TPSA) is 87.6 Å².